The molecule has 22 heavy (non-hydrogen) atoms. The number of ether oxygens (including phenoxy) is 1. The lowest BCUT2D eigenvalue weighted by Gasteiger charge is -2.25. The Bertz CT molecular complexity index is 656. The standard InChI is InChI=1S/C16H19FN4O/c1-21(2)16-19-9-13(11-4-3-5-12(17)8-11)15(20-16)14-10-18-6-7-22-14/h3-5,8-9,14,18H,6-7,10H2,1-2H3/t14-/m1/s1. The Morgan fingerprint density at radius 3 is 2.91 bits per heavy atom. The molecule has 0 amide bonds. The van der Waals surface area contributed by atoms with Crippen LogP contribution in [-0.4, -0.2) is 43.8 Å². The highest BCUT2D eigenvalue weighted by atomic mass is 19.1. The van der Waals surface area contributed by atoms with Gasteiger partial charge in [-0.1, -0.05) is 12.1 Å². The number of anilines is 1. The van der Waals surface area contributed by atoms with Gasteiger partial charge in [0.15, 0.2) is 0 Å². The Kier molecular flexibility index (Phi) is 4.31. The number of nitrogens with zero attached hydrogens (tertiary/aromatic N) is 3. The van der Waals surface area contributed by atoms with Crippen LogP contribution in [0.5, 0.6) is 0 Å². The Labute approximate surface area is 129 Å². The van der Waals surface area contributed by atoms with Crippen molar-refractivity contribution in [1.29, 1.82) is 0 Å². The molecule has 1 atom stereocenters. The molecule has 1 aliphatic heterocycles. The Morgan fingerprint density at radius 2 is 2.23 bits per heavy atom. The van der Waals surface area contributed by atoms with Crippen molar-refractivity contribution in [2.75, 3.05) is 38.7 Å². The molecule has 1 aliphatic rings. The molecule has 3 rings (SSSR count). The monoisotopic (exact) mass is 302 g/mol. The second-order valence-corrected chi connectivity index (χ2v) is 5.44. The van der Waals surface area contributed by atoms with E-state index in [-0.39, 0.29) is 11.9 Å². The highest BCUT2D eigenvalue weighted by molar-refractivity contribution is 5.66. The summed E-state index contributed by atoms with van der Waals surface area (Å²) in [6.07, 6.45) is 1.58. The smallest absolute Gasteiger partial charge is 0.225 e. The molecule has 0 saturated carbocycles. The normalized spacial score (nSPS) is 18.2. The van der Waals surface area contributed by atoms with Crippen LogP contribution in [0.3, 0.4) is 0 Å². The summed E-state index contributed by atoms with van der Waals surface area (Å²) in [5.41, 5.74) is 2.35. The maximum absolute atomic E-state index is 13.5. The highest BCUT2D eigenvalue weighted by Crippen LogP contribution is 2.30. The van der Waals surface area contributed by atoms with Gasteiger partial charge in [-0.3, -0.25) is 0 Å². The maximum Gasteiger partial charge on any atom is 0.225 e. The summed E-state index contributed by atoms with van der Waals surface area (Å²) < 4.78 is 19.4. The molecule has 1 saturated heterocycles. The lowest BCUT2D eigenvalue weighted by atomic mass is 10.0. The van der Waals surface area contributed by atoms with Crippen LogP contribution < -0.4 is 10.2 Å². The van der Waals surface area contributed by atoms with Gasteiger partial charge in [0.1, 0.15) is 11.9 Å². The van der Waals surface area contributed by atoms with Crippen LogP contribution in [0.15, 0.2) is 30.5 Å². The third kappa shape index (κ3) is 3.08. The molecular weight excluding hydrogens is 283 g/mol. The lowest BCUT2D eigenvalue weighted by Crippen LogP contribution is -2.34. The summed E-state index contributed by atoms with van der Waals surface area (Å²) in [5.74, 6) is 0.340. The number of rotatable bonds is 3. The second-order valence-electron chi connectivity index (χ2n) is 5.44. The molecule has 1 fully saturated rings. The first kappa shape index (κ1) is 14.9. The van der Waals surface area contributed by atoms with Crippen LogP contribution in [0.25, 0.3) is 11.1 Å². The van der Waals surface area contributed by atoms with Crippen molar-refractivity contribution < 1.29 is 9.13 Å². The summed E-state index contributed by atoms with van der Waals surface area (Å²) in [4.78, 5) is 10.8. The van der Waals surface area contributed by atoms with Gasteiger partial charge >= 0.3 is 0 Å². The minimum atomic E-state index is -0.275. The van der Waals surface area contributed by atoms with E-state index < -0.39 is 0 Å². The van der Waals surface area contributed by atoms with Crippen molar-refractivity contribution in [2.24, 2.45) is 0 Å². The van der Waals surface area contributed by atoms with Gasteiger partial charge in [0.2, 0.25) is 5.95 Å². The van der Waals surface area contributed by atoms with E-state index in [0.29, 0.717) is 19.1 Å². The fourth-order valence-corrected chi connectivity index (χ4v) is 2.47. The van der Waals surface area contributed by atoms with Crippen LogP contribution in [0.4, 0.5) is 10.3 Å². The minimum Gasteiger partial charge on any atom is -0.369 e. The first-order chi connectivity index (χ1) is 10.6. The summed E-state index contributed by atoms with van der Waals surface area (Å²) in [6.45, 7) is 2.15. The van der Waals surface area contributed by atoms with Gasteiger partial charge in [-0.25, -0.2) is 14.4 Å². The van der Waals surface area contributed by atoms with E-state index in [9.17, 15) is 4.39 Å². The van der Waals surface area contributed by atoms with Gasteiger partial charge in [0.05, 0.1) is 12.3 Å². The van der Waals surface area contributed by atoms with Gasteiger partial charge in [-0.2, -0.15) is 0 Å². The number of hydrogen-bond donors (Lipinski definition) is 1. The predicted octanol–water partition coefficient (Wildman–Crippen LogP) is 2.01. The van der Waals surface area contributed by atoms with Crippen LogP contribution in [0.1, 0.15) is 11.8 Å². The van der Waals surface area contributed by atoms with E-state index in [4.69, 9.17) is 4.74 Å². The van der Waals surface area contributed by atoms with E-state index in [2.05, 4.69) is 15.3 Å². The average Bonchev–Trinajstić information content (AvgIpc) is 2.55. The average molecular weight is 302 g/mol. The van der Waals surface area contributed by atoms with E-state index in [1.54, 1.807) is 12.3 Å². The van der Waals surface area contributed by atoms with Gasteiger partial charge in [0, 0.05) is 38.9 Å². The molecule has 116 valence electrons. The lowest BCUT2D eigenvalue weighted by molar-refractivity contribution is 0.0254. The molecule has 6 heteroatoms. The van der Waals surface area contributed by atoms with Crippen LogP contribution in [0.2, 0.25) is 0 Å². The Morgan fingerprint density at radius 1 is 1.36 bits per heavy atom. The molecule has 1 N–H and O–H groups in total. The molecule has 1 aromatic heterocycles. The molecule has 0 aliphatic carbocycles. The molecule has 5 nitrogen and oxygen atoms in total. The second kappa shape index (κ2) is 6.37. The third-order valence-electron chi connectivity index (χ3n) is 3.57. The number of nitrogens with one attached hydrogen (secondary N) is 1. The van der Waals surface area contributed by atoms with Crippen LogP contribution >= 0.6 is 0 Å². The number of aromatic nitrogens is 2. The maximum atomic E-state index is 13.5. The summed E-state index contributed by atoms with van der Waals surface area (Å²) in [7, 11) is 3.78. The number of morpholine rings is 1. The molecular formula is C16H19FN4O. The molecule has 2 aromatic rings. The van der Waals surface area contributed by atoms with Gasteiger partial charge in [-0.15, -0.1) is 0 Å². The number of halogens is 1. The fourth-order valence-electron chi connectivity index (χ4n) is 2.47. The molecule has 0 unspecified atom stereocenters. The largest absolute Gasteiger partial charge is 0.369 e. The third-order valence-corrected chi connectivity index (χ3v) is 3.57. The van der Waals surface area contributed by atoms with E-state index in [0.717, 1.165) is 23.4 Å². The number of hydrogen-bond acceptors (Lipinski definition) is 5. The SMILES string of the molecule is CN(C)c1ncc(-c2cccc(F)c2)c([C@H]2CNCCO2)n1. The topological polar surface area (TPSA) is 50.3 Å². The van der Waals surface area contributed by atoms with Gasteiger partial charge < -0.3 is 15.0 Å². The van der Waals surface area contributed by atoms with Gasteiger partial charge in [-0.05, 0) is 17.7 Å². The van der Waals surface area contributed by atoms with Crippen molar-refractivity contribution >= 4 is 5.95 Å². The Balaban J connectivity index is 2.07. The zero-order chi connectivity index (χ0) is 15.5. The molecule has 1 aromatic carbocycles. The fraction of sp³-hybridized carbons (Fsp3) is 0.375. The van der Waals surface area contributed by atoms with Crippen molar-refractivity contribution in [2.45, 2.75) is 6.10 Å². The highest BCUT2D eigenvalue weighted by Gasteiger charge is 2.22. The van der Waals surface area contributed by atoms with Crippen molar-refractivity contribution in [3.8, 4) is 11.1 Å². The molecule has 0 radical (unpaired) electrons. The molecule has 2 heterocycles. The van der Waals surface area contributed by atoms with Crippen molar-refractivity contribution in [1.82, 2.24) is 15.3 Å². The first-order valence-electron chi connectivity index (χ1n) is 7.27. The Hall–Kier alpha value is -2.05. The molecule has 0 spiro atoms. The summed E-state index contributed by atoms with van der Waals surface area (Å²) in [6, 6.07) is 6.47. The zero-order valence-corrected chi connectivity index (χ0v) is 12.7. The van der Waals surface area contributed by atoms with E-state index in [1.807, 2.05) is 25.1 Å². The van der Waals surface area contributed by atoms with Crippen LogP contribution in [0, 0.1) is 5.82 Å². The van der Waals surface area contributed by atoms with Crippen LogP contribution in [-0.2, 0) is 4.74 Å². The number of benzene rings is 1. The van der Waals surface area contributed by atoms with E-state index >= 15 is 0 Å². The van der Waals surface area contributed by atoms with E-state index in [1.165, 1.54) is 12.1 Å². The zero-order valence-electron chi connectivity index (χ0n) is 12.7. The van der Waals surface area contributed by atoms with Crippen molar-refractivity contribution in [3.05, 3.63) is 42.0 Å². The van der Waals surface area contributed by atoms with Gasteiger partial charge in [0.25, 0.3) is 0 Å². The quantitative estimate of drug-likeness (QED) is 0.940. The molecule has 0 bridgehead atoms. The first-order valence-corrected chi connectivity index (χ1v) is 7.27. The minimum absolute atomic E-state index is 0.159. The summed E-state index contributed by atoms with van der Waals surface area (Å²) >= 11 is 0. The van der Waals surface area contributed by atoms with Crippen molar-refractivity contribution in [3.63, 3.8) is 0 Å². The summed E-state index contributed by atoms with van der Waals surface area (Å²) in [5, 5.41) is 3.30. The predicted molar refractivity (Wildman–Crippen MR) is 83.3 cm³/mol.